The molecule has 0 unspecified atom stereocenters. The van der Waals surface area contributed by atoms with Crippen molar-refractivity contribution in [3.63, 3.8) is 0 Å². The van der Waals surface area contributed by atoms with Crippen molar-refractivity contribution in [3.05, 3.63) is 58.3 Å². The molecule has 1 aromatic heterocycles. The second-order valence-corrected chi connectivity index (χ2v) is 6.44. The molecule has 1 aliphatic heterocycles. The van der Waals surface area contributed by atoms with Gasteiger partial charge < -0.3 is 15.5 Å². The number of fused-ring (bicyclic) bond motifs is 1. The largest absolute Gasteiger partial charge is 0.366 e. The van der Waals surface area contributed by atoms with E-state index in [1.807, 2.05) is 0 Å². The number of amides is 2. The SMILES string of the molecule is CC(=O)NCCN1Cc2nc(NCc3c(C)cc(F)cc3F)ccc2C1=O. The minimum absolute atomic E-state index is 0.130. The lowest BCUT2D eigenvalue weighted by Crippen LogP contribution is -2.34. The highest BCUT2D eigenvalue weighted by atomic mass is 19.1. The van der Waals surface area contributed by atoms with Crippen molar-refractivity contribution >= 4 is 17.6 Å². The van der Waals surface area contributed by atoms with Gasteiger partial charge in [0.2, 0.25) is 5.91 Å². The summed E-state index contributed by atoms with van der Waals surface area (Å²) in [6.45, 7) is 4.36. The van der Waals surface area contributed by atoms with Crippen LogP contribution in [0.3, 0.4) is 0 Å². The Labute approximate surface area is 155 Å². The third kappa shape index (κ3) is 4.21. The Morgan fingerprint density at radius 3 is 2.78 bits per heavy atom. The number of nitrogens with one attached hydrogen (secondary N) is 2. The molecule has 8 heteroatoms. The Morgan fingerprint density at radius 1 is 1.30 bits per heavy atom. The first-order valence-electron chi connectivity index (χ1n) is 8.57. The molecule has 6 nitrogen and oxygen atoms in total. The summed E-state index contributed by atoms with van der Waals surface area (Å²) in [5, 5.41) is 5.68. The van der Waals surface area contributed by atoms with Crippen molar-refractivity contribution in [2.45, 2.75) is 26.9 Å². The summed E-state index contributed by atoms with van der Waals surface area (Å²) in [7, 11) is 0. The van der Waals surface area contributed by atoms with E-state index >= 15 is 0 Å². The van der Waals surface area contributed by atoms with Crippen LogP contribution in [-0.2, 0) is 17.9 Å². The number of hydrogen-bond acceptors (Lipinski definition) is 4. The predicted octanol–water partition coefficient (Wildman–Crippen LogP) is 2.37. The highest BCUT2D eigenvalue weighted by Gasteiger charge is 2.28. The zero-order valence-electron chi connectivity index (χ0n) is 15.1. The van der Waals surface area contributed by atoms with Gasteiger partial charge in [-0.3, -0.25) is 9.59 Å². The number of halogens is 2. The number of rotatable bonds is 6. The summed E-state index contributed by atoms with van der Waals surface area (Å²) in [5.74, 6) is -0.988. The van der Waals surface area contributed by atoms with Crippen molar-refractivity contribution in [1.29, 1.82) is 0 Å². The smallest absolute Gasteiger partial charge is 0.256 e. The van der Waals surface area contributed by atoms with Crippen LogP contribution >= 0.6 is 0 Å². The average Bonchev–Trinajstić information content (AvgIpc) is 2.89. The number of pyridine rings is 1. The fourth-order valence-electron chi connectivity index (χ4n) is 3.02. The lowest BCUT2D eigenvalue weighted by atomic mass is 10.1. The molecule has 0 atom stereocenters. The number of aryl methyl sites for hydroxylation is 1. The van der Waals surface area contributed by atoms with Crippen LogP contribution in [0.25, 0.3) is 0 Å². The van der Waals surface area contributed by atoms with Gasteiger partial charge in [0.05, 0.1) is 17.8 Å². The molecule has 0 bridgehead atoms. The number of carbonyl (C=O) groups excluding carboxylic acids is 2. The number of carbonyl (C=O) groups is 2. The first-order chi connectivity index (χ1) is 12.8. The van der Waals surface area contributed by atoms with E-state index in [1.165, 1.54) is 13.0 Å². The van der Waals surface area contributed by atoms with Gasteiger partial charge in [0.25, 0.3) is 5.91 Å². The average molecular weight is 374 g/mol. The first-order valence-corrected chi connectivity index (χ1v) is 8.57. The normalized spacial score (nSPS) is 12.9. The van der Waals surface area contributed by atoms with Gasteiger partial charge >= 0.3 is 0 Å². The molecule has 0 radical (unpaired) electrons. The van der Waals surface area contributed by atoms with E-state index in [0.717, 1.165) is 6.07 Å². The molecule has 1 aromatic carbocycles. The maximum absolute atomic E-state index is 13.9. The number of aromatic nitrogens is 1. The van der Waals surface area contributed by atoms with Crippen molar-refractivity contribution in [2.75, 3.05) is 18.4 Å². The van der Waals surface area contributed by atoms with Gasteiger partial charge in [-0.25, -0.2) is 13.8 Å². The maximum Gasteiger partial charge on any atom is 0.256 e. The van der Waals surface area contributed by atoms with Gasteiger partial charge in [0.15, 0.2) is 0 Å². The van der Waals surface area contributed by atoms with Crippen LogP contribution in [0.1, 0.15) is 34.1 Å². The summed E-state index contributed by atoms with van der Waals surface area (Å²) >= 11 is 0. The minimum Gasteiger partial charge on any atom is -0.366 e. The van der Waals surface area contributed by atoms with Gasteiger partial charge in [-0.1, -0.05) is 0 Å². The Hall–Kier alpha value is -3.03. The summed E-state index contributed by atoms with van der Waals surface area (Å²) in [4.78, 5) is 29.3. The molecule has 27 heavy (non-hydrogen) atoms. The Balaban J connectivity index is 1.66. The monoisotopic (exact) mass is 374 g/mol. The van der Waals surface area contributed by atoms with Gasteiger partial charge in [0, 0.05) is 38.2 Å². The molecule has 0 fully saturated rings. The van der Waals surface area contributed by atoms with Crippen LogP contribution in [-0.4, -0.2) is 34.8 Å². The van der Waals surface area contributed by atoms with Crippen LogP contribution in [0, 0.1) is 18.6 Å². The maximum atomic E-state index is 13.9. The molecule has 0 saturated heterocycles. The van der Waals surface area contributed by atoms with Crippen LogP contribution in [0.4, 0.5) is 14.6 Å². The van der Waals surface area contributed by atoms with Gasteiger partial charge in [-0.2, -0.15) is 0 Å². The van der Waals surface area contributed by atoms with Crippen LogP contribution in [0.2, 0.25) is 0 Å². The molecule has 2 amide bonds. The van der Waals surface area contributed by atoms with Crippen LogP contribution < -0.4 is 10.6 Å². The van der Waals surface area contributed by atoms with E-state index < -0.39 is 11.6 Å². The van der Waals surface area contributed by atoms with E-state index in [2.05, 4.69) is 15.6 Å². The quantitative estimate of drug-likeness (QED) is 0.814. The lowest BCUT2D eigenvalue weighted by Gasteiger charge is -2.14. The minimum atomic E-state index is -0.611. The summed E-state index contributed by atoms with van der Waals surface area (Å²) < 4.78 is 27.1. The van der Waals surface area contributed by atoms with Crippen LogP contribution in [0.15, 0.2) is 24.3 Å². The van der Waals surface area contributed by atoms with E-state index in [9.17, 15) is 18.4 Å². The standard InChI is InChI=1S/C19H20F2N4O2/c1-11-7-13(20)8-16(21)15(11)9-23-18-4-3-14-17(24-18)10-25(19(14)27)6-5-22-12(2)26/h3-4,7-8H,5-6,9-10H2,1-2H3,(H,22,26)(H,23,24). The summed E-state index contributed by atoms with van der Waals surface area (Å²) in [5.41, 5.74) is 2.03. The number of anilines is 1. The molecule has 0 spiro atoms. The molecule has 2 N–H and O–H groups in total. The molecular weight excluding hydrogens is 354 g/mol. The number of benzene rings is 1. The van der Waals surface area contributed by atoms with Crippen LogP contribution in [0.5, 0.6) is 0 Å². The zero-order chi connectivity index (χ0) is 19.6. The summed E-state index contributed by atoms with van der Waals surface area (Å²) in [6, 6.07) is 5.47. The Bertz CT molecular complexity index is 878. The van der Waals surface area contributed by atoms with E-state index in [0.29, 0.717) is 47.8 Å². The molecule has 0 saturated carbocycles. The fraction of sp³-hybridized carbons (Fsp3) is 0.316. The van der Waals surface area contributed by atoms with E-state index in [-0.39, 0.29) is 18.4 Å². The third-order valence-corrected chi connectivity index (χ3v) is 4.42. The first kappa shape index (κ1) is 18.8. The molecule has 2 heterocycles. The lowest BCUT2D eigenvalue weighted by molar-refractivity contribution is -0.119. The Morgan fingerprint density at radius 2 is 2.07 bits per heavy atom. The van der Waals surface area contributed by atoms with Gasteiger partial charge in [0.1, 0.15) is 17.5 Å². The zero-order valence-corrected chi connectivity index (χ0v) is 15.1. The van der Waals surface area contributed by atoms with E-state index in [4.69, 9.17) is 0 Å². The molecule has 142 valence electrons. The molecule has 2 aromatic rings. The highest BCUT2D eigenvalue weighted by Crippen LogP contribution is 2.23. The molecular formula is C19H20F2N4O2. The van der Waals surface area contributed by atoms with Crippen molar-refractivity contribution in [2.24, 2.45) is 0 Å². The van der Waals surface area contributed by atoms with Crippen molar-refractivity contribution in [3.8, 4) is 0 Å². The third-order valence-electron chi connectivity index (χ3n) is 4.42. The van der Waals surface area contributed by atoms with Gasteiger partial charge in [-0.15, -0.1) is 0 Å². The topological polar surface area (TPSA) is 74.3 Å². The number of nitrogens with zero attached hydrogens (tertiary/aromatic N) is 2. The predicted molar refractivity (Wildman–Crippen MR) is 96.1 cm³/mol. The Kier molecular flexibility index (Phi) is 5.34. The molecule has 3 rings (SSSR count). The second-order valence-electron chi connectivity index (χ2n) is 6.44. The highest BCUT2D eigenvalue weighted by molar-refractivity contribution is 5.98. The van der Waals surface area contributed by atoms with Gasteiger partial charge in [-0.05, 0) is 30.7 Å². The fourth-order valence-corrected chi connectivity index (χ4v) is 3.02. The molecule has 0 aliphatic carbocycles. The van der Waals surface area contributed by atoms with Crippen molar-refractivity contribution < 1.29 is 18.4 Å². The number of hydrogen-bond donors (Lipinski definition) is 2. The summed E-state index contributed by atoms with van der Waals surface area (Å²) in [6.07, 6.45) is 0. The molecule has 1 aliphatic rings. The van der Waals surface area contributed by atoms with E-state index in [1.54, 1.807) is 24.0 Å². The van der Waals surface area contributed by atoms with Crippen molar-refractivity contribution in [1.82, 2.24) is 15.2 Å². The second kappa shape index (κ2) is 7.69.